The van der Waals surface area contributed by atoms with Crippen LogP contribution in [0.5, 0.6) is 0 Å². The molecule has 9 nitrogen and oxygen atoms in total. The zero-order valence-corrected chi connectivity index (χ0v) is 17.0. The third kappa shape index (κ3) is 6.14. The van der Waals surface area contributed by atoms with E-state index in [2.05, 4.69) is 0 Å². The second-order valence-electron chi connectivity index (χ2n) is 6.01. The van der Waals surface area contributed by atoms with E-state index in [0.717, 1.165) is 24.3 Å². The first kappa shape index (κ1) is 22.7. The van der Waals surface area contributed by atoms with E-state index in [0.29, 0.717) is 0 Å². The van der Waals surface area contributed by atoms with Gasteiger partial charge in [0.25, 0.3) is 15.8 Å². The van der Waals surface area contributed by atoms with Crippen molar-refractivity contribution in [3.05, 3.63) is 34.4 Å². The highest BCUT2D eigenvalue weighted by Crippen LogP contribution is 2.57. The van der Waals surface area contributed by atoms with Gasteiger partial charge in [-0.05, 0) is 46.2 Å². The first-order valence-corrected chi connectivity index (χ1v) is 11.1. The molecular formula is C15H24NO8PS. The Morgan fingerprint density at radius 1 is 1.08 bits per heavy atom. The summed E-state index contributed by atoms with van der Waals surface area (Å²) in [7, 11) is -8.22. The second-order valence-corrected chi connectivity index (χ2v) is 9.66. The molecule has 0 saturated heterocycles. The van der Waals surface area contributed by atoms with E-state index in [1.165, 1.54) is 0 Å². The van der Waals surface area contributed by atoms with Crippen molar-refractivity contribution in [1.29, 1.82) is 0 Å². The molecule has 1 atom stereocenters. The maximum atomic E-state index is 13.1. The maximum Gasteiger partial charge on any atom is 0.361 e. The van der Waals surface area contributed by atoms with E-state index in [1.54, 1.807) is 34.6 Å². The van der Waals surface area contributed by atoms with Gasteiger partial charge in [0, 0.05) is 12.1 Å². The number of hydrogen-bond donors (Lipinski definition) is 0. The Balaban J connectivity index is 3.15. The zero-order valence-electron chi connectivity index (χ0n) is 15.3. The number of nitro groups is 1. The molecule has 1 rings (SSSR count). The first-order valence-electron chi connectivity index (χ1n) is 8.05. The summed E-state index contributed by atoms with van der Waals surface area (Å²) in [5, 5.41) is 10.7. The van der Waals surface area contributed by atoms with Crippen LogP contribution in [0.2, 0.25) is 0 Å². The highest BCUT2D eigenvalue weighted by molar-refractivity contribution is 7.87. The Morgan fingerprint density at radius 2 is 1.54 bits per heavy atom. The number of benzene rings is 1. The van der Waals surface area contributed by atoms with Crippen LogP contribution in [0.4, 0.5) is 5.69 Å². The second kappa shape index (κ2) is 9.05. The number of hydrogen-bond acceptors (Lipinski definition) is 8. The lowest BCUT2D eigenvalue weighted by molar-refractivity contribution is -0.384. The third-order valence-electron chi connectivity index (χ3n) is 2.99. The predicted octanol–water partition coefficient (Wildman–Crippen LogP) is 4.08. The van der Waals surface area contributed by atoms with Crippen LogP contribution in [0.1, 0.15) is 41.0 Å². The average molecular weight is 409 g/mol. The number of nitro benzene ring substituents is 1. The standard InChI is InChI=1S/C15H24NO8PS/c1-6-15(25(19,22-11(2)3)23-12(4)5)24-26(20,21)14-9-7-13(8-10-14)16(17)18/h7-12,15H,6H2,1-5H3/t15-/m0/s1. The number of nitrogens with zero attached hydrogens (tertiary/aromatic N) is 1. The summed E-state index contributed by atoms with van der Waals surface area (Å²) in [5.41, 5.74) is -0.257. The Hall–Kier alpha value is -1.32. The van der Waals surface area contributed by atoms with Crippen LogP contribution in [-0.4, -0.2) is 31.4 Å². The van der Waals surface area contributed by atoms with Crippen molar-refractivity contribution in [2.24, 2.45) is 0 Å². The molecule has 0 aromatic heterocycles. The van der Waals surface area contributed by atoms with E-state index in [1.807, 2.05) is 0 Å². The molecule has 0 amide bonds. The van der Waals surface area contributed by atoms with Gasteiger partial charge in [-0.1, -0.05) is 6.92 Å². The first-order chi connectivity index (χ1) is 11.9. The summed E-state index contributed by atoms with van der Waals surface area (Å²) in [6.07, 6.45) is -0.887. The monoisotopic (exact) mass is 409 g/mol. The normalized spacial score (nSPS) is 14.0. The Morgan fingerprint density at radius 3 is 1.88 bits per heavy atom. The topological polar surface area (TPSA) is 122 Å². The Kier molecular flexibility index (Phi) is 7.91. The molecule has 11 heteroatoms. The van der Waals surface area contributed by atoms with Crippen LogP contribution < -0.4 is 0 Å². The molecule has 148 valence electrons. The molecule has 0 aliphatic heterocycles. The molecule has 0 saturated carbocycles. The van der Waals surface area contributed by atoms with E-state index in [9.17, 15) is 23.1 Å². The van der Waals surface area contributed by atoms with Crippen molar-refractivity contribution in [1.82, 2.24) is 0 Å². The van der Waals surface area contributed by atoms with E-state index >= 15 is 0 Å². The lowest BCUT2D eigenvalue weighted by Crippen LogP contribution is -2.23. The molecule has 1 aromatic carbocycles. The number of rotatable bonds is 10. The highest BCUT2D eigenvalue weighted by atomic mass is 32.2. The quantitative estimate of drug-likeness (QED) is 0.245. The van der Waals surface area contributed by atoms with E-state index in [-0.39, 0.29) is 17.0 Å². The molecule has 0 heterocycles. The van der Waals surface area contributed by atoms with Crippen LogP contribution in [0.15, 0.2) is 29.2 Å². The van der Waals surface area contributed by atoms with Gasteiger partial charge in [0.2, 0.25) is 0 Å². The van der Waals surface area contributed by atoms with Gasteiger partial charge in [-0.3, -0.25) is 18.9 Å². The van der Waals surface area contributed by atoms with Crippen molar-refractivity contribution >= 4 is 23.4 Å². The van der Waals surface area contributed by atoms with Gasteiger partial charge in [0.05, 0.1) is 22.0 Å². The fourth-order valence-corrected chi connectivity index (χ4v) is 5.74. The van der Waals surface area contributed by atoms with Gasteiger partial charge in [-0.2, -0.15) is 8.42 Å². The third-order valence-corrected chi connectivity index (χ3v) is 7.08. The van der Waals surface area contributed by atoms with Crippen molar-refractivity contribution in [2.45, 2.75) is 64.0 Å². The Bertz CT molecular complexity index is 746. The zero-order chi connectivity index (χ0) is 20.1. The largest absolute Gasteiger partial charge is 0.361 e. The molecule has 26 heavy (non-hydrogen) atoms. The van der Waals surface area contributed by atoms with Crippen LogP contribution in [0.3, 0.4) is 0 Å². The van der Waals surface area contributed by atoms with Crippen LogP contribution in [-0.2, 0) is 27.9 Å². The minimum Gasteiger partial charge on any atom is -0.304 e. The SMILES string of the molecule is CC[C@@H](OS(=O)(=O)c1ccc([N+](=O)[O-])cc1)P(=O)(OC(C)C)OC(C)C. The van der Waals surface area contributed by atoms with E-state index < -0.39 is 40.7 Å². The molecule has 0 radical (unpaired) electrons. The number of non-ortho nitro benzene ring substituents is 1. The molecule has 1 aromatic rings. The summed E-state index contributed by atoms with van der Waals surface area (Å²) >= 11 is 0. The van der Waals surface area contributed by atoms with Crippen molar-refractivity contribution < 1.29 is 31.1 Å². The molecule has 0 aliphatic carbocycles. The highest BCUT2D eigenvalue weighted by Gasteiger charge is 2.41. The Labute approximate surface area is 153 Å². The predicted molar refractivity (Wildman–Crippen MR) is 95.5 cm³/mol. The molecular weight excluding hydrogens is 385 g/mol. The van der Waals surface area contributed by atoms with Gasteiger partial charge >= 0.3 is 7.60 Å². The van der Waals surface area contributed by atoms with Crippen molar-refractivity contribution in [3.63, 3.8) is 0 Å². The van der Waals surface area contributed by atoms with Crippen molar-refractivity contribution in [3.8, 4) is 0 Å². The van der Waals surface area contributed by atoms with Crippen LogP contribution >= 0.6 is 7.60 Å². The lowest BCUT2D eigenvalue weighted by atomic mass is 10.3. The fourth-order valence-electron chi connectivity index (χ4n) is 2.03. The fraction of sp³-hybridized carbons (Fsp3) is 0.600. The minimum absolute atomic E-state index is 0.0585. The van der Waals surface area contributed by atoms with E-state index in [4.69, 9.17) is 13.2 Å². The van der Waals surface area contributed by atoms with Gasteiger partial charge in [0.15, 0.2) is 5.85 Å². The smallest absolute Gasteiger partial charge is 0.304 e. The van der Waals surface area contributed by atoms with Crippen LogP contribution in [0, 0.1) is 10.1 Å². The average Bonchev–Trinajstić information content (AvgIpc) is 2.51. The molecule has 0 aliphatic rings. The minimum atomic E-state index is -4.32. The van der Waals surface area contributed by atoms with Crippen molar-refractivity contribution in [2.75, 3.05) is 0 Å². The molecule has 0 fully saturated rings. The molecule has 0 unspecified atom stereocenters. The summed E-state index contributed by atoms with van der Waals surface area (Å²) in [5.74, 6) is -1.34. The van der Waals surface area contributed by atoms with Gasteiger partial charge in [-0.15, -0.1) is 0 Å². The van der Waals surface area contributed by atoms with Gasteiger partial charge in [0.1, 0.15) is 0 Å². The lowest BCUT2D eigenvalue weighted by Gasteiger charge is -2.28. The summed E-state index contributed by atoms with van der Waals surface area (Å²) in [4.78, 5) is 9.74. The molecule has 0 spiro atoms. The molecule has 0 N–H and O–H groups in total. The van der Waals surface area contributed by atoms with Gasteiger partial charge in [-0.25, -0.2) is 0 Å². The van der Waals surface area contributed by atoms with Gasteiger partial charge < -0.3 is 9.05 Å². The summed E-state index contributed by atoms with van der Waals surface area (Å²) < 4.78 is 54.0. The van der Waals surface area contributed by atoms with Crippen LogP contribution in [0.25, 0.3) is 0 Å². The molecule has 0 bridgehead atoms. The maximum absolute atomic E-state index is 13.1. The summed E-state index contributed by atoms with van der Waals surface area (Å²) in [6, 6.07) is 4.20. The summed E-state index contributed by atoms with van der Waals surface area (Å²) in [6.45, 7) is 8.18.